The van der Waals surface area contributed by atoms with Crippen molar-refractivity contribution in [1.82, 2.24) is 4.90 Å². The van der Waals surface area contributed by atoms with Crippen LogP contribution in [0.15, 0.2) is 18.2 Å². The standard InChI is InChI=1S/C15H17ClFNO3/c16-11-1-2-13(17)12(9-11)14(19)18-5-3-10(4-6-18)15-20-7-8-21-15/h1-2,9-10,15H,3-8H2. The number of carbonyl (C=O) groups excluding carboxylic acids is 1. The Labute approximate surface area is 127 Å². The van der Waals surface area contributed by atoms with Crippen molar-refractivity contribution in [3.63, 3.8) is 0 Å². The van der Waals surface area contributed by atoms with Crippen LogP contribution in [0.2, 0.25) is 5.02 Å². The fraction of sp³-hybridized carbons (Fsp3) is 0.533. The number of hydrogen-bond acceptors (Lipinski definition) is 3. The molecule has 114 valence electrons. The quantitative estimate of drug-likeness (QED) is 0.842. The van der Waals surface area contributed by atoms with Gasteiger partial charge in [-0.15, -0.1) is 0 Å². The maximum absolute atomic E-state index is 13.8. The molecule has 0 bridgehead atoms. The summed E-state index contributed by atoms with van der Waals surface area (Å²) in [6.45, 7) is 2.44. The molecule has 2 fully saturated rings. The molecular weight excluding hydrogens is 297 g/mol. The number of halogens is 2. The normalized spacial score (nSPS) is 21.0. The van der Waals surface area contributed by atoms with Crippen LogP contribution in [0, 0.1) is 11.7 Å². The highest BCUT2D eigenvalue weighted by Gasteiger charge is 2.32. The summed E-state index contributed by atoms with van der Waals surface area (Å²) in [4.78, 5) is 14.0. The zero-order valence-electron chi connectivity index (χ0n) is 11.6. The van der Waals surface area contributed by atoms with Crippen molar-refractivity contribution in [1.29, 1.82) is 0 Å². The summed E-state index contributed by atoms with van der Waals surface area (Å²) in [6, 6.07) is 4.05. The minimum absolute atomic E-state index is 0.0364. The van der Waals surface area contributed by atoms with Gasteiger partial charge < -0.3 is 14.4 Å². The summed E-state index contributed by atoms with van der Waals surface area (Å²) >= 11 is 5.84. The van der Waals surface area contributed by atoms with Crippen molar-refractivity contribution in [2.45, 2.75) is 19.1 Å². The average molecular weight is 314 g/mol. The van der Waals surface area contributed by atoms with Crippen molar-refractivity contribution in [3.8, 4) is 0 Å². The predicted octanol–water partition coefficient (Wildman–Crippen LogP) is 2.70. The molecule has 4 nitrogen and oxygen atoms in total. The van der Waals surface area contributed by atoms with Gasteiger partial charge in [-0.2, -0.15) is 0 Å². The molecule has 2 aliphatic heterocycles. The van der Waals surface area contributed by atoms with Gasteiger partial charge in [0, 0.05) is 24.0 Å². The molecular formula is C15H17ClFNO3. The molecule has 0 spiro atoms. The fourth-order valence-electron chi connectivity index (χ4n) is 2.86. The van der Waals surface area contributed by atoms with Crippen molar-refractivity contribution in [2.24, 2.45) is 5.92 Å². The molecule has 3 rings (SSSR count). The Morgan fingerprint density at radius 3 is 2.57 bits per heavy atom. The zero-order chi connectivity index (χ0) is 14.8. The number of amides is 1. The monoisotopic (exact) mass is 313 g/mol. The number of hydrogen-bond donors (Lipinski definition) is 0. The van der Waals surface area contributed by atoms with Crippen LogP contribution < -0.4 is 0 Å². The van der Waals surface area contributed by atoms with Gasteiger partial charge in [0.25, 0.3) is 5.91 Å². The van der Waals surface area contributed by atoms with Gasteiger partial charge in [0.15, 0.2) is 6.29 Å². The lowest BCUT2D eigenvalue weighted by Crippen LogP contribution is -2.41. The number of benzene rings is 1. The molecule has 2 heterocycles. The summed E-state index contributed by atoms with van der Waals surface area (Å²) in [5, 5.41) is 0.363. The highest BCUT2D eigenvalue weighted by molar-refractivity contribution is 6.31. The maximum Gasteiger partial charge on any atom is 0.256 e. The van der Waals surface area contributed by atoms with E-state index in [1.807, 2.05) is 0 Å². The van der Waals surface area contributed by atoms with Crippen LogP contribution in [0.4, 0.5) is 4.39 Å². The first-order valence-electron chi connectivity index (χ1n) is 7.12. The molecule has 21 heavy (non-hydrogen) atoms. The predicted molar refractivity (Wildman–Crippen MR) is 75.7 cm³/mol. The number of piperidine rings is 1. The highest BCUT2D eigenvalue weighted by Crippen LogP contribution is 2.27. The van der Waals surface area contributed by atoms with Crippen LogP contribution in [0.1, 0.15) is 23.2 Å². The molecule has 1 amide bonds. The van der Waals surface area contributed by atoms with Gasteiger partial charge in [0.05, 0.1) is 18.8 Å². The molecule has 0 saturated carbocycles. The molecule has 0 atom stereocenters. The Bertz CT molecular complexity index is 526. The lowest BCUT2D eigenvalue weighted by Gasteiger charge is -2.34. The first kappa shape index (κ1) is 14.8. The van der Waals surface area contributed by atoms with Crippen LogP contribution in [0.25, 0.3) is 0 Å². The van der Waals surface area contributed by atoms with E-state index in [9.17, 15) is 9.18 Å². The molecule has 0 radical (unpaired) electrons. The van der Waals surface area contributed by atoms with Crippen LogP contribution >= 0.6 is 11.6 Å². The molecule has 0 aliphatic carbocycles. The van der Waals surface area contributed by atoms with Crippen molar-refractivity contribution >= 4 is 17.5 Å². The van der Waals surface area contributed by atoms with E-state index in [1.165, 1.54) is 18.2 Å². The average Bonchev–Trinajstić information content (AvgIpc) is 3.03. The Kier molecular flexibility index (Phi) is 4.42. The molecule has 1 aromatic carbocycles. The van der Waals surface area contributed by atoms with E-state index in [0.29, 0.717) is 37.2 Å². The van der Waals surface area contributed by atoms with E-state index in [2.05, 4.69) is 0 Å². The number of carbonyl (C=O) groups is 1. The van der Waals surface area contributed by atoms with E-state index < -0.39 is 5.82 Å². The van der Waals surface area contributed by atoms with Gasteiger partial charge in [-0.1, -0.05) is 11.6 Å². The second-order valence-corrected chi connectivity index (χ2v) is 5.80. The third-order valence-corrected chi connectivity index (χ3v) is 4.25. The van der Waals surface area contributed by atoms with Crippen molar-refractivity contribution in [2.75, 3.05) is 26.3 Å². The van der Waals surface area contributed by atoms with Crippen LogP contribution in [0.5, 0.6) is 0 Å². The molecule has 1 aromatic rings. The third-order valence-electron chi connectivity index (χ3n) is 4.02. The first-order chi connectivity index (χ1) is 10.1. The lowest BCUT2D eigenvalue weighted by atomic mass is 9.95. The molecule has 6 heteroatoms. The minimum atomic E-state index is -0.533. The van der Waals surface area contributed by atoms with Gasteiger partial charge in [0.1, 0.15) is 5.82 Å². The van der Waals surface area contributed by atoms with E-state index in [1.54, 1.807) is 4.90 Å². The molecule has 0 unspecified atom stereocenters. The number of rotatable bonds is 2. The van der Waals surface area contributed by atoms with Gasteiger partial charge >= 0.3 is 0 Å². The number of likely N-dealkylation sites (tertiary alicyclic amines) is 1. The van der Waals surface area contributed by atoms with E-state index in [4.69, 9.17) is 21.1 Å². The number of nitrogens with zero attached hydrogens (tertiary/aromatic N) is 1. The topological polar surface area (TPSA) is 38.8 Å². The lowest BCUT2D eigenvalue weighted by molar-refractivity contribution is -0.0956. The van der Waals surface area contributed by atoms with Gasteiger partial charge in [-0.25, -0.2) is 4.39 Å². The molecule has 0 N–H and O–H groups in total. The fourth-order valence-corrected chi connectivity index (χ4v) is 3.03. The number of ether oxygens (including phenoxy) is 2. The van der Waals surface area contributed by atoms with E-state index in [-0.39, 0.29) is 17.8 Å². The van der Waals surface area contributed by atoms with Crippen LogP contribution in [0.3, 0.4) is 0 Å². The Balaban J connectivity index is 1.63. The third kappa shape index (κ3) is 3.20. The van der Waals surface area contributed by atoms with Crippen molar-refractivity contribution < 1.29 is 18.7 Å². The first-order valence-corrected chi connectivity index (χ1v) is 7.50. The van der Waals surface area contributed by atoms with Gasteiger partial charge in [-0.3, -0.25) is 4.79 Å². The molecule has 2 aliphatic rings. The summed E-state index contributed by atoms with van der Waals surface area (Å²) in [5.41, 5.74) is 0.0364. The Morgan fingerprint density at radius 1 is 1.24 bits per heavy atom. The summed E-state index contributed by atoms with van der Waals surface area (Å²) in [7, 11) is 0. The summed E-state index contributed by atoms with van der Waals surface area (Å²) < 4.78 is 24.8. The zero-order valence-corrected chi connectivity index (χ0v) is 12.3. The Morgan fingerprint density at radius 2 is 1.90 bits per heavy atom. The summed E-state index contributed by atoms with van der Waals surface area (Å²) in [6.07, 6.45) is 1.46. The second kappa shape index (κ2) is 6.30. The highest BCUT2D eigenvalue weighted by atomic mass is 35.5. The van der Waals surface area contributed by atoms with E-state index in [0.717, 1.165) is 12.8 Å². The van der Waals surface area contributed by atoms with Crippen molar-refractivity contribution in [3.05, 3.63) is 34.6 Å². The van der Waals surface area contributed by atoms with E-state index >= 15 is 0 Å². The SMILES string of the molecule is O=C(c1cc(Cl)ccc1F)N1CCC(C2OCCO2)CC1. The Hall–Kier alpha value is -1.17. The maximum atomic E-state index is 13.8. The smallest absolute Gasteiger partial charge is 0.256 e. The largest absolute Gasteiger partial charge is 0.350 e. The second-order valence-electron chi connectivity index (χ2n) is 5.36. The van der Waals surface area contributed by atoms with Gasteiger partial charge in [-0.05, 0) is 31.0 Å². The van der Waals surface area contributed by atoms with Gasteiger partial charge in [0.2, 0.25) is 0 Å². The van der Waals surface area contributed by atoms with Crippen LogP contribution in [-0.4, -0.2) is 43.4 Å². The van der Waals surface area contributed by atoms with Crippen LogP contribution in [-0.2, 0) is 9.47 Å². The molecule has 2 saturated heterocycles. The minimum Gasteiger partial charge on any atom is -0.350 e. The molecule has 0 aromatic heterocycles. The summed E-state index contributed by atoms with van der Waals surface area (Å²) in [5.74, 6) is -0.531.